The summed E-state index contributed by atoms with van der Waals surface area (Å²) in [5.74, 6) is 1.26. The first-order valence-corrected chi connectivity index (χ1v) is 8.74. The van der Waals surface area contributed by atoms with Gasteiger partial charge < -0.3 is 9.80 Å². The second kappa shape index (κ2) is 7.43. The van der Waals surface area contributed by atoms with Crippen LogP contribution in [0.3, 0.4) is 0 Å². The summed E-state index contributed by atoms with van der Waals surface area (Å²) in [5, 5.41) is 23.3. The van der Waals surface area contributed by atoms with Crippen LogP contribution in [-0.2, 0) is 0 Å². The molecule has 0 spiro atoms. The Labute approximate surface area is 160 Å². The highest BCUT2D eigenvalue weighted by atomic mass is 16.6. The molecule has 28 heavy (non-hydrogen) atoms. The number of nitrogens with zero attached hydrogens (tertiary/aromatic N) is 7. The summed E-state index contributed by atoms with van der Waals surface area (Å²) in [5.41, 5.74) is 0.418. The molecule has 0 saturated carbocycles. The number of nitro benzene ring substituents is 1. The average Bonchev–Trinajstić information content (AvgIpc) is 3.28. The Morgan fingerprint density at radius 2 is 1.64 bits per heavy atom. The fourth-order valence-electron chi connectivity index (χ4n) is 3.06. The van der Waals surface area contributed by atoms with Crippen molar-refractivity contribution in [3.05, 3.63) is 70.5 Å². The Morgan fingerprint density at radius 3 is 2.21 bits per heavy atom. The van der Waals surface area contributed by atoms with Crippen LogP contribution in [0.4, 0.5) is 11.5 Å². The van der Waals surface area contributed by atoms with Crippen molar-refractivity contribution in [1.29, 1.82) is 0 Å². The highest BCUT2D eigenvalue weighted by Crippen LogP contribution is 2.17. The summed E-state index contributed by atoms with van der Waals surface area (Å²) in [4.78, 5) is 26.7. The molecule has 1 aromatic carbocycles. The summed E-state index contributed by atoms with van der Waals surface area (Å²) in [6.07, 6.45) is 3.48. The SMILES string of the molecule is O=C(c1ccc([N+](=O)[O-])cc1)N1CCN(c2ccc(-n3cccn3)nn2)CC1. The molecule has 1 saturated heterocycles. The number of benzene rings is 1. The normalized spacial score (nSPS) is 14.1. The van der Waals surface area contributed by atoms with E-state index in [1.807, 2.05) is 18.2 Å². The first kappa shape index (κ1) is 17.6. The average molecular weight is 379 g/mol. The van der Waals surface area contributed by atoms with Gasteiger partial charge >= 0.3 is 0 Å². The van der Waals surface area contributed by atoms with E-state index in [9.17, 15) is 14.9 Å². The number of rotatable bonds is 4. The van der Waals surface area contributed by atoms with Gasteiger partial charge in [0.15, 0.2) is 11.6 Å². The van der Waals surface area contributed by atoms with Crippen LogP contribution in [0.25, 0.3) is 5.82 Å². The molecule has 0 atom stereocenters. The zero-order chi connectivity index (χ0) is 19.5. The van der Waals surface area contributed by atoms with E-state index in [0.717, 1.165) is 5.82 Å². The van der Waals surface area contributed by atoms with Gasteiger partial charge in [-0.15, -0.1) is 10.2 Å². The van der Waals surface area contributed by atoms with Gasteiger partial charge in [-0.25, -0.2) is 4.68 Å². The third-order valence-electron chi connectivity index (χ3n) is 4.59. The molecule has 0 N–H and O–H groups in total. The number of carbonyl (C=O) groups excluding carboxylic acids is 1. The summed E-state index contributed by atoms with van der Waals surface area (Å²) >= 11 is 0. The van der Waals surface area contributed by atoms with Crippen molar-refractivity contribution in [2.24, 2.45) is 0 Å². The van der Waals surface area contributed by atoms with Gasteiger partial charge in [-0.05, 0) is 30.3 Å². The molecule has 10 nitrogen and oxygen atoms in total. The lowest BCUT2D eigenvalue weighted by Gasteiger charge is -2.35. The fraction of sp³-hybridized carbons (Fsp3) is 0.222. The van der Waals surface area contributed by atoms with Gasteiger partial charge in [0.2, 0.25) is 0 Å². The van der Waals surface area contributed by atoms with Crippen molar-refractivity contribution in [3.63, 3.8) is 0 Å². The molecule has 1 aliphatic heterocycles. The van der Waals surface area contributed by atoms with Crippen molar-refractivity contribution in [2.45, 2.75) is 0 Å². The smallest absolute Gasteiger partial charge is 0.269 e. The van der Waals surface area contributed by atoms with Crippen molar-refractivity contribution in [3.8, 4) is 5.82 Å². The van der Waals surface area contributed by atoms with Crippen LogP contribution in [0.1, 0.15) is 10.4 Å². The maximum absolute atomic E-state index is 12.6. The molecule has 2 aromatic heterocycles. The Balaban J connectivity index is 1.37. The Morgan fingerprint density at radius 1 is 0.964 bits per heavy atom. The Bertz CT molecular complexity index is 963. The maximum Gasteiger partial charge on any atom is 0.269 e. The fourth-order valence-corrected chi connectivity index (χ4v) is 3.06. The third kappa shape index (κ3) is 3.52. The van der Waals surface area contributed by atoms with Crippen molar-refractivity contribution < 1.29 is 9.72 Å². The number of piperazine rings is 1. The number of carbonyl (C=O) groups is 1. The molecule has 1 aliphatic rings. The van der Waals surface area contributed by atoms with E-state index in [1.54, 1.807) is 22.0 Å². The van der Waals surface area contributed by atoms with Crippen LogP contribution in [0.2, 0.25) is 0 Å². The van der Waals surface area contributed by atoms with Crippen LogP contribution in [0, 0.1) is 10.1 Å². The third-order valence-corrected chi connectivity index (χ3v) is 4.59. The van der Waals surface area contributed by atoms with E-state index in [0.29, 0.717) is 37.6 Å². The van der Waals surface area contributed by atoms with Crippen molar-refractivity contribution >= 4 is 17.4 Å². The number of hydrogen-bond acceptors (Lipinski definition) is 7. The Kier molecular flexibility index (Phi) is 4.67. The molecule has 3 heterocycles. The minimum absolute atomic E-state index is 0.0292. The van der Waals surface area contributed by atoms with Crippen LogP contribution in [0.15, 0.2) is 54.9 Å². The van der Waals surface area contributed by atoms with Gasteiger partial charge in [-0.1, -0.05) is 0 Å². The second-order valence-electron chi connectivity index (χ2n) is 6.28. The molecule has 10 heteroatoms. The van der Waals surface area contributed by atoms with Gasteiger partial charge in [0.1, 0.15) is 0 Å². The minimum Gasteiger partial charge on any atom is -0.352 e. The first-order chi connectivity index (χ1) is 13.6. The molecular weight excluding hydrogens is 362 g/mol. The predicted octanol–water partition coefficient (Wildman–Crippen LogP) is 1.53. The highest BCUT2D eigenvalue weighted by Gasteiger charge is 2.23. The first-order valence-electron chi connectivity index (χ1n) is 8.74. The van der Waals surface area contributed by atoms with Gasteiger partial charge in [-0.2, -0.15) is 5.10 Å². The van der Waals surface area contributed by atoms with Crippen molar-refractivity contribution in [2.75, 3.05) is 31.1 Å². The lowest BCUT2D eigenvalue weighted by atomic mass is 10.1. The highest BCUT2D eigenvalue weighted by molar-refractivity contribution is 5.94. The second-order valence-corrected chi connectivity index (χ2v) is 6.28. The molecule has 0 radical (unpaired) electrons. The number of non-ortho nitro benzene ring substituents is 1. The predicted molar refractivity (Wildman–Crippen MR) is 100 cm³/mol. The van der Waals surface area contributed by atoms with Crippen LogP contribution in [0.5, 0.6) is 0 Å². The molecule has 3 aromatic rings. The summed E-state index contributed by atoms with van der Waals surface area (Å²) < 4.78 is 1.64. The zero-order valence-corrected chi connectivity index (χ0v) is 14.9. The lowest BCUT2D eigenvalue weighted by Crippen LogP contribution is -2.49. The number of anilines is 1. The maximum atomic E-state index is 12.6. The molecule has 0 bridgehead atoms. The molecule has 0 aliphatic carbocycles. The quantitative estimate of drug-likeness (QED) is 0.499. The topological polar surface area (TPSA) is 110 Å². The minimum atomic E-state index is -0.480. The summed E-state index contributed by atoms with van der Waals surface area (Å²) in [6.45, 7) is 2.35. The van der Waals surface area contributed by atoms with E-state index in [-0.39, 0.29) is 11.6 Å². The number of aromatic nitrogens is 4. The van der Waals surface area contributed by atoms with Gasteiger partial charge in [0, 0.05) is 56.3 Å². The van der Waals surface area contributed by atoms with Gasteiger partial charge in [0.05, 0.1) is 4.92 Å². The molecule has 1 fully saturated rings. The number of nitro groups is 1. The number of amides is 1. The molecule has 0 unspecified atom stereocenters. The van der Waals surface area contributed by atoms with Gasteiger partial charge in [-0.3, -0.25) is 14.9 Å². The van der Waals surface area contributed by atoms with Crippen LogP contribution < -0.4 is 4.90 Å². The molecule has 1 amide bonds. The van der Waals surface area contributed by atoms with E-state index in [2.05, 4.69) is 20.2 Å². The Hall–Kier alpha value is -3.82. The largest absolute Gasteiger partial charge is 0.352 e. The number of hydrogen-bond donors (Lipinski definition) is 0. The van der Waals surface area contributed by atoms with Crippen LogP contribution in [-0.4, -0.2) is 61.9 Å². The van der Waals surface area contributed by atoms with Crippen LogP contribution >= 0.6 is 0 Å². The lowest BCUT2D eigenvalue weighted by molar-refractivity contribution is -0.384. The van der Waals surface area contributed by atoms with E-state index in [4.69, 9.17) is 0 Å². The monoisotopic (exact) mass is 379 g/mol. The summed E-state index contributed by atoms with van der Waals surface area (Å²) in [7, 11) is 0. The molecule has 142 valence electrons. The zero-order valence-electron chi connectivity index (χ0n) is 14.9. The van der Waals surface area contributed by atoms with E-state index in [1.165, 1.54) is 24.3 Å². The molecular formula is C18H17N7O3. The van der Waals surface area contributed by atoms with E-state index < -0.39 is 4.92 Å². The summed E-state index contributed by atoms with van der Waals surface area (Å²) in [6, 6.07) is 11.2. The standard InChI is InChI=1S/C18H17N7O3/c26-18(14-2-4-15(5-3-14)25(27)28)23-12-10-22(11-13-23)16-6-7-17(21-20-16)24-9-1-8-19-24/h1-9H,10-13H2. The molecule has 4 rings (SSSR count). The van der Waals surface area contributed by atoms with Gasteiger partial charge in [0.25, 0.3) is 11.6 Å². The van der Waals surface area contributed by atoms with Crippen molar-refractivity contribution in [1.82, 2.24) is 24.9 Å². The van der Waals surface area contributed by atoms with E-state index >= 15 is 0 Å².